The van der Waals surface area contributed by atoms with Gasteiger partial charge in [-0.3, -0.25) is 0 Å². The normalized spacial score (nSPS) is 33.0. The van der Waals surface area contributed by atoms with Crippen LogP contribution in [0.25, 0.3) is 0 Å². The van der Waals surface area contributed by atoms with E-state index in [1.54, 1.807) is 0 Å². The number of hydrogen-bond acceptors (Lipinski definition) is 1. The van der Waals surface area contributed by atoms with Gasteiger partial charge < -0.3 is 4.74 Å². The van der Waals surface area contributed by atoms with Crippen molar-refractivity contribution in [2.24, 2.45) is 5.92 Å². The topological polar surface area (TPSA) is 9.23 Å². The average molecular weight is 317 g/mol. The Morgan fingerprint density at radius 2 is 1.67 bits per heavy atom. The molecule has 0 aliphatic heterocycles. The van der Waals surface area contributed by atoms with E-state index in [1.807, 2.05) is 0 Å². The lowest BCUT2D eigenvalue weighted by molar-refractivity contribution is -0.121. The number of alkyl halides is 1. The summed E-state index contributed by atoms with van der Waals surface area (Å²) in [7, 11) is 0. The monoisotopic (exact) mass is 316 g/mol. The first-order valence-corrected chi connectivity index (χ1v) is 9.15. The van der Waals surface area contributed by atoms with Crippen LogP contribution < -0.4 is 0 Å². The van der Waals surface area contributed by atoms with Gasteiger partial charge in [-0.2, -0.15) is 0 Å². The molecule has 2 unspecified atom stereocenters. The van der Waals surface area contributed by atoms with Crippen LogP contribution in [0.15, 0.2) is 0 Å². The van der Waals surface area contributed by atoms with Gasteiger partial charge in [0.05, 0.1) is 11.7 Å². The van der Waals surface area contributed by atoms with Crippen molar-refractivity contribution >= 4 is 15.9 Å². The van der Waals surface area contributed by atoms with Crippen molar-refractivity contribution in [2.45, 2.75) is 89.3 Å². The van der Waals surface area contributed by atoms with Crippen molar-refractivity contribution in [1.29, 1.82) is 0 Å². The highest BCUT2D eigenvalue weighted by Crippen LogP contribution is 2.38. The zero-order valence-electron chi connectivity index (χ0n) is 11.9. The maximum Gasteiger partial charge on any atom is 0.0782 e. The van der Waals surface area contributed by atoms with E-state index in [4.69, 9.17) is 4.74 Å². The first-order valence-electron chi connectivity index (χ1n) is 8.03. The molecule has 106 valence electrons. The molecule has 0 spiro atoms. The molecule has 0 amide bonds. The highest BCUT2D eigenvalue weighted by Gasteiger charge is 2.36. The molecule has 0 aromatic heterocycles. The molecule has 0 radical (unpaired) electrons. The van der Waals surface area contributed by atoms with Gasteiger partial charge in [-0.05, 0) is 31.6 Å². The molecule has 2 aliphatic rings. The lowest BCUT2D eigenvalue weighted by Crippen LogP contribution is -2.41. The zero-order valence-corrected chi connectivity index (χ0v) is 13.5. The molecule has 0 aromatic rings. The summed E-state index contributed by atoms with van der Waals surface area (Å²) in [6.45, 7) is 2.33. The summed E-state index contributed by atoms with van der Waals surface area (Å²) in [5, 5.41) is 1.03. The van der Waals surface area contributed by atoms with Crippen LogP contribution in [0, 0.1) is 5.92 Å². The predicted molar refractivity (Wildman–Crippen MR) is 81.3 cm³/mol. The highest BCUT2D eigenvalue weighted by molar-refractivity contribution is 9.09. The third-order valence-corrected chi connectivity index (χ3v) is 6.05. The SMILES string of the molecule is CCC1CCCCC1OC1(CBr)CCCCCC1. The molecular weight excluding hydrogens is 288 g/mol. The van der Waals surface area contributed by atoms with Gasteiger partial charge >= 0.3 is 0 Å². The van der Waals surface area contributed by atoms with Gasteiger partial charge in [0.25, 0.3) is 0 Å². The lowest BCUT2D eigenvalue weighted by atomic mass is 9.83. The smallest absolute Gasteiger partial charge is 0.0782 e. The van der Waals surface area contributed by atoms with Crippen LogP contribution in [-0.2, 0) is 4.74 Å². The van der Waals surface area contributed by atoms with Gasteiger partial charge in [-0.25, -0.2) is 0 Å². The molecule has 2 atom stereocenters. The van der Waals surface area contributed by atoms with E-state index >= 15 is 0 Å². The second-order valence-electron chi connectivity index (χ2n) is 6.34. The molecule has 2 heteroatoms. The maximum atomic E-state index is 6.71. The fourth-order valence-corrected chi connectivity index (χ4v) is 4.47. The Balaban J connectivity index is 1.98. The third kappa shape index (κ3) is 3.72. The predicted octanol–water partition coefficient (Wildman–Crippen LogP) is 5.46. The second-order valence-corrected chi connectivity index (χ2v) is 6.90. The van der Waals surface area contributed by atoms with Crippen molar-refractivity contribution in [1.82, 2.24) is 0 Å². The van der Waals surface area contributed by atoms with E-state index in [2.05, 4.69) is 22.9 Å². The summed E-state index contributed by atoms with van der Waals surface area (Å²) in [4.78, 5) is 0. The largest absolute Gasteiger partial charge is 0.371 e. The van der Waals surface area contributed by atoms with E-state index in [0.717, 1.165) is 11.2 Å². The lowest BCUT2D eigenvalue weighted by Gasteiger charge is -2.40. The molecule has 0 saturated heterocycles. The van der Waals surface area contributed by atoms with Crippen LogP contribution in [0.4, 0.5) is 0 Å². The minimum Gasteiger partial charge on any atom is -0.371 e. The van der Waals surface area contributed by atoms with Crippen LogP contribution in [0.2, 0.25) is 0 Å². The summed E-state index contributed by atoms with van der Waals surface area (Å²) in [6, 6.07) is 0. The molecule has 2 rings (SSSR count). The molecule has 0 heterocycles. The Kier molecular flexibility index (Phi) is 6.00. The van der Waals surface area contributed by atoms with Crippen LogP contribution in [0.5, 0.6) is 0 Å². The van der Waals surface area contributed by atoms with Crippen LogP contribution >= 0.6 is 15.9 Å². The standard InChI is InChI=1S/C16H29BrO/c1-2-14-9-5-6-10-15(14)18-16(13-17)11-7-3-4-8-12-16/h14-15H,2-13H2,1H3. The second kappa shape index (κ2) is 7.28. The number of hydrogen-bond donors (Lipinski definition) is 0. The number of ether oxygens (including phenoxy) is 1. The third-order valence-electron chi connectivity index (χ3n) is 5.02. The van der Waals surface area contributed by atoms with E-state index in [9.17, 15) is 0 Å². The maximum absolute atomic E-state index is 6.71. The summed E-state index contributed by atoms with van der Waals surface area (Å²) in [6.07, 6.45) is 15.4. The Morgan fingerprint density at radius 3 is 2.28 bits per heavy atom. The van der Waals surface area contributed by atoms with Gasteiger partial charge in [0.15, 0.2) is 0 Å². The van der Waals surface area contributed by atoms with Crippen LogP contribution in [0.1, 0.15) is 77.6 Å². The fourth-order valence-electron chi connectivity index (χ4n) is 3.77. The summed E-state index contributed by atoms with van der Waals surface area (Å²) in [5.41, 5.74) is 0.159. The Morgan fingerprint density at radius 1 is 1.00 bits per heavy atom. The molecule has 2 aliphatic carbocycles. The van der Waals surface area contributed by atoms with Gasteiger partial charge in [0.2, 0.25) is 0 Å². The van der Waals surface area contributed by atoms with E-state index in [1.165, 1.54) is 70.6 Å². The van der Waals surface area contributed by atoms with Gasteiger partial charge in [0.1, 0.15) is 0 Å². The molecule has 0 bridgehead atoms. The van der Waals surface area contributed by atoms with Gasteiger partial charge in [-0.15, -0.1) is 0 Å². The van der Waals surface area contributed by atoms with Crippen LogP contribution in [0.3, 0.4) is 0 Å². The quantitative estimate of drug-likeness (QED) is 0.494. The molecule has 0 N–H and O–H groups in total. The van der Waals surface area contributed by atoms with Crippen molar-refractivity contribution in [3.63, 3.8) is 0 Å². The molecular formula is C16H29BrO. The van der Waals surface area contributed by atoms with Crippen molar-refractivity contribution in [3.05, 3.63) is 0 Å². The van der Waals surface area contributed by atoms with Crippen molar-refractivity contribution in [3.8, 4) is 0 Å². The van der Waals surface area contributed by atoms with Crippen molar-refractivity contribution in [2.75, 3.05) is 5.33 Å². The number of halogens is 1. The summed E-state index contributed by atoms with van der Waals surface area (Å²) < 4.78 is 6.71. The highest BCUT2D eigenvalue weighted by atomic mass is 79.9. The van der Waals surface area contributed by atoms with E-state index < -0.39 is 0 Å². The molecule has 1 nitrogen and oxygen atoms in total. The zero-order chi connectivity index (χ0) is 12.8. The minimum absolute atomic E-state index is 0.159. The number of rotatable bonds is 4. The van der Waals surface area contributed by atoms with E-state index in [-0.39, 0.29) is 5.60 Å². The molecule has 0 aromatic carbocycles. The average Bonchev–Trinajstić information content (AvgIpc) is 2.66. The van der Waals surface area contributed by atoms with Gasteiger partial charge in [0, 0.05) is 5.33 Å². The minimum atomic E-state index is 0.159. The Bertz CT molecular complexity index is 233. The Labute approximate surface area is 121 Å². The molecule has 2 fully saturated rings. The van der Waals surface area contributed by atoms with Crippen molar-refractivity contribution < 1.29 is 4.74 Å². The summed E-state index contributed by atoms with van der Waals surface area (Å²) >= 11 is 3.75. The molecule has 2 saturated carbocycles. The van der Waals surface area contributed by atoms with Crippen LogP contribution in [-0.4, -0.2) is 17.0 Å². The van der Waals surface area contributed by atoms with Gasteiger partial charge in [-0.1, -0.05) is 67.8 Å². The first kappa shape index (κ1) is 14.8. The Hall–Kier alpha value is 0.440. The van der Waals surface area contributed by atoms with E-state index in [0.29, 0.717) is 6.10 Å². The fraction of sp³-hybridized carbons (Fsp3) is 1.00. The molecule has 18 heavy (non-hydrogen) atoms. The first-order chi connectivity index (χ1) is 8.79. The summed E-state index contributed by atoms with van der Waals surface area (Å²) in [5.74, 6) is 0.818.